The molecule has 0 bridgehead atoms. The van der Waals surface area contributed by atoms with Gasteiger partial charge in [-0.25, -0.2) is 0 Å². The molecule has 108 valence electrons. The van der Waals surface area contributed by atoms with Crippen molar-refractivity contribution in [2.45, 2.75) is 6.92 Å². The molecule has 21 heavy (non-hydrogen) atoms. The smallest absolute Gasteiger partial charge is 0.253 e. The van der Waals surface area contributed by atoms with Crippen molar-refractivity contribution in [3.05, 3.63) is 64.9 Å². The molecule has 0 saturated carbocycles. The van der Waals surface area contributed by atoms with Gasteiger partial charge in [-0.2, -0.15) is 0 Å². The van der Waals surface area contributed by atoms with Crippen molar-refractivity contribution in [3.63, 3.8) is 0 Å². The van der Waals surface area contributed by atoms with Crippen LogP contribution in [0.15, 0.2) is 53.8 Å². The summed E-state index contributed by atoms with van der Waals surface area (Å²) in [6.45, 7) is 6.03. The number of hydrogen-bond donors (Lipinski definition) is 2. The quantitative estimate of drug-likeness (QED) is 0.810. The highest BCUT2D eigenvalue weighted by Crippen LogP contribution is 2.23. The fourth-order valence-corrected chi connectivity index (χ4v) is 2.12. The molecule has 0 spiro atoms. The van der Waals surface area contributed by atoms with E-state index in [1.54, 1.807) is 18.3 Å². The predicted octanol–water partition coefficient (Wildman–Crippen LogP) is 3.81. The van der Waals surface area contributed by atoms with Gasteiger partial charge < -0.3 is 10.6 Å². The average molecular weight is 346 g/mol. The molecular formula is C16H16BrN3O. The van der Waals surface area contributed by atoms with Crippen molar-refractivity contribution in [1.82, 2.24) is 10.3 Å². The zero-order valence-corrected chi connectivity index (χ0v) is 13.3. The van der Waals surface area contributed by atoms with Gasteiger partial charge in [-0.3, -0.25) is 9.78 Å². The van der Waals surface area contributed by atoms with Crippen molar-refractivity contribution in [1.29, 1.82) is 0 Å². The Hall–Kier alpha value is -2.14. The molecule has 0 aliphatic rings. The minimum atomic E-state index is -0.170. The van der Waals surface area contributed by atoms with Gasteiger partial charge in [-0.1, -0.05) is 28.1 Å². The van der Waals surface area contributed by atoms with E-state index in [4.69, 9.17) is 0 Å². The van der Waals surface area contributed by atoms with E-state index in [1.807, 2.05) is 25.1 Å². The molecule has 1 aromatic carbocycles. The molecule has 2 N–H and O–H groups in total. The van der Waals surface area contributed by atoms with Crippen molar-refractivity contribution in [2.75, 3.05) is 11.9 Å². The summed E-state index contributed by atoms with van der Waals surface area (Å²) in [6.07, 6.45) is 4.85. The van der Waals surface area contributed by atoms with Crippen molar-refractivity contribution in [3.8, 4) is 0 Å². The van der Waals surface area contributed by atoms with Crippen LogP contribution in [0.25, 0.3) is 0 Å². The number of hydrogen-bond acceptors (Lipinski definition) is 3. The molecule has 0 fully saturated rings. The molecule has 0 saturated heterocycles. The topological polar surface area (TPSA) is 54.0 Å². The highest BCUT2D eigenvalue weighted by molar-refractivity contribution is 9.10. The molecule has 2 rings (SSSR count). The maximum atomic E-state index is 11.9. The molecule has 1 amide bonds. The Kier molecular flexibility index (Phi) is 5.11. The first-order chi connectivity index (χ1) is 10.1. The van der Waals surface area contributed by atoms with Gasteiger partial charge in [0.1, 0.15) is 0 Å². The number of nitrogens with one attached hydrogen (secondary N) is 2. The van der Waals surface area contributed by atoms with E-state index in [0.29, 0.717) is 12.1 Å². The molecule has 5 heteroatoms. The van der Waals surface area contributed by atoms with Crippen LogP contribution in [-0.4, -0.2) is 17.4 Å². The molecule has 1 heterocycles. The highest BCUT2D eigenvalue weighted by Gasteiger charge is 2.06. The monoisotopic (exact) mass is 345 g/mol. The number of carbonyl (C=O) groups excluding carboxylic acids is 1. The number of carbonyl (C=O) groups is 1. The largest absolute Gasteiger partial charge is 0.354 e. The summed E-state index contributed by atoms with van der Waals surface area (Å²) in [5.74, 6) is -0.170. The van der Waals surface area contributed by atoms with Crippen LogP contribution in [0.2, 0.25) is 0 Å². The number of rotatable bonds is 5. The number of aryl methyl sites for hydroxylation is 1. The SMILES string of the molecule is C=CCNC(=O)c1cncc(Nc2ccc(C)c(Br)c2)c1. The van der Waals surface area contributed by atoms with E-state index in [-0.39, 0.29) is 5.91 Å². The Morgan fingerprint density at radius 3 is 2.86 bits per heavy atom. The second-order valence-electron chi connectivity index (χ2n) is 4.55. The minimum absolute atomic E-state index is 0.170. The molecule has 1 aromatic heterocycles. The third-order valence-corrected chi connectivity index (χ3v) is 3.72. The molecule has 0 aliphatic heterocycles. The van der Waals surface area contributed by atoms with Crippen LogP contribution in [0, 0.1) is 6.92 Å². The Balaban J connectivity index is 2.15. The zero-order chi connectivity index (χ0) is 15.2. The Labute approximate surface area is 132 Å². The molecule has 0 aliphatic carbocycles. The molecule has 0 unspecified atom stereocenters. The predicted molar refractivity (Wildman–Crippen MR) is 88.9 cm³/mol. The van der Waals surface area contributed by atoms with Gasteiger partial charge in [0.2, 0.25) is 0 Å². The Morgan fingerprint density at radius 1 is 1.33 bits per heavy atom. The van der Waals surface area contributed by atoms with Crippen LogP contribution in [0.5, 0.6) is 0 Å². The summed E-state index contributed by atoms with van der Waals surface area (Å²) in [5.41, 5.74) is 3.36. The molecule has 2 aromatic rings. The minimum Gasteiger partial charge on any atom is -0.354 e. The summed E-state index contributed by atoms with van der Waals surface area (Å²) in [5, 5.41) is 5.95. The lowest BCUT2D eigenvalue weighted by molar-refractivity contribution is 0.0957. The van der Waals surface area contributed by atoms with Gasteiger partial charge in [-0.05, 0) is 30.7 Å². The van der Waals surface area contributed by atoms with E-state index in [2.05, 4.69) is 38.1 Å². The lowest BCUT2D eigenvalue weighted by atomic mass is 10.2. The summed E-state index contributed by atoms with van der Waals surface area (Å²) in [6, 6.07) is 7.74. The van der Waals surface area contributed by atoms with Crippen LogP contribution in [-0.2, 0) is 0 Å². The van der Waals surface area contributed by atoms with Gasteiger partial charge in [-0.15, -0.1) is 6.58 Å². The van der Waals surface area contributed by atoms with Crippen LogP contribution in [0.3, 0.4) is 0 Å². The van der Waals surface area contributed by atoms with Crippen LogP contribution < -0.4 is 10.6 Å². The maximum Gasteiger partial charge on any atom is 0.253 e. The number of amides is 1. The summed E-state index contributed by atoms with van der Waals surface area (Å²) < 4.78 is 1.03. The number of aromatic nitrogens is 1. The zero-order valence-electron chi connectivity index (χ0n) is 11.7. The van der Waals surface area contributed by atoms with Gasteiger partial charge in [0.25, 0.3) is 5.91 Å². The maximum absolute atomic E-state index is 11.9. The first-order valence-electron chi connectivity index (χ1n) is 6.47. The van der Waals surface area contributed by atoms with Gasteiger partial charge in [0, 0.05) is 22.9 Å². The second kappa shape index (κ2) is 7.04. The van der Waals surface area contributed by atoms with Crippen LogP contribution in [0.1, 0.15) is 15.9 Å². The van der Waals surface area contributed by atoms with Crippen molar-refractivity contribution >= 4 is 33.2 Å². The molecule has 4 nitrogen and oxygen atoms in total. The fourth-order valence-electron chi connectivity index (χ4n) is 1.74. The highest BCUT2D eigenvalue weighted by atomic mass is 79.9. The average Bonchev–Trinajstić information content (AvgIpc) is 2.49. The third kappa shape index (κ3) is 4.16. The van der Waals surface area contributed by atoms with Gasteiger partial charge >= 0.3 is 0 Å². The van der Waals surface area contributed by atoms with Gasteiger partial charge in [0.05, 0.1) is 17.4 Å². The molecule has 0 radical (unpaired) electrons. The van der Waals surface area contributed by atoms with E-state index >= 15 is 0 Å². The Morgan fingerprint density at radius 2 is 2.14 bits per heavy atom. The van der Waals surface area contributed by atoms with Crippen molar-refractivity contribution < 1.29 is 4.79 Å². The number of halogens is 1. The van der Waals surface area contributed by atoms with E-state index in [0.717, 1.165) is 21.4 Å². The number of nitrogens with zero attached hydrogens (tertiary/aromatic N) is 1. The van der Waals surface area contributed by atoms with Crippen LogP contribution in [0.4, 0.5) is 11.4 Å². The lowest BCUT2D eigenvalue weighted by Gasteiger charge is -2.09. The van der Waals surface area contributed by atoms with E-state index < -0.39 is 0 Å². The van der Waals surface area contributed by atoms with E-state index in [9.17, 15) is 4.79 Å². The Bertz CT molecular complexity index is 670. The summed E-state index contributed by atoms with van der Waals surface area (Å²) >= 11 is 3.50. The summed E-state index contributed by atoms with van der Waals surface area (Å²) in [4.78, 5) is 16.0. The van der Waals surface area contributed by atoms with Crippen LogP contribution >= 0.6 is 15.9 Å². The standard InChI is InChI=1S/C16H16BrN3O/c1-3-6-19-16(21)12-7-14(10-18-9-12)20-13-5-4-11(2)15(17)8-13/h3-5,7-10,20H,1,6H2,2H3,(H,19,21). The first kappa shape index (κ1) is 15.3. The first-order valence-corrected chi connectivity index (χ1v) is 7.27. The summed E-state index contributed by atoms with van der Waals surface area (Å²) in [7, 11) is 0. The number of anilines is 2. The third-order valence-electron chi connectivity index (χ3n) is 2.87. The fraction of sp³-hybridized carbons (Fsp3) is 0.125. The number of pyridine rings is 1. The molecular weight excluding hydrogens is 330 g/mol. The number of benzene rings is 1. The van der Waals surface area contributed by atoms with E-state index in [1.165, 1.54) is 6.20 Å². The normalized spacial score (nSPS) is 10.0. The van der Waals surface area contributed by atoms with Crippen molar-refractivity contribution in [2.24, 2.45) is 0 Å². The molecule has 0 atom stereocenters. The van der Waals surface area contributed by atoms with Gasteiger partial charge in [0.15, 0.2) is 0 Å². The lowest BCUT2D eigenvalue weighted by Crippen LogP contribution is -2.23. The second-order valence-corrected chi connectivity index (χ2v) is 5.40.